The number of carbonyl (C=O) groups is 2. The van der Waals surface area contributed by atoms with Crippen molar-refractivity contribution in [3.63, 3.8) is 0 Å². The van der Waals surface area contributed by atoms with Crippen LogP contribution in [0.5, 0.6) is 5.75 Å². The van der Waals surface area contributed by atoms with Gasteiger partial charge in [-0.05, 0) is 74.1 Å². The Labute approximate surface area is 253 Å². The second kappa shape index (κ2) is 14.1. The number of nitrogens with zero attached hydrogens (tertiary/aromatic N) is 2. The van der Waals surface area contributed by atoms with Crippen LogP contribution >= 0.6 is 0 Å². The van der Waals surface area contributed by atoms with Gasteiger partial charge in [0.25, 0.3) is 0 Å². The summed E-state index contributed by atoms with van der Waals surface area (Å²) in [5.74, 6) is -0.356. The van der Waals surface area contributed by atoms with Crippen molar-refractivity contribution >= 4 is 23.3 Å². The van der Waals surface area contributed by atoms with E-state index in [1.54, 1.807) is 30.0 Å². The number of hydrogen-bond acceptors (Lipinski definition) is 5. The van der Waals surface area contributed by atoms with Crippen molar-refractivity contribution < 1.29 is 37.0 Å². The fourth-order valence-electron chi connectivity index (χ4n) is 5.03. The Balaban J connectivity index is 1.54. The van der Waals surface area contributed by atoms with E-state index in [0.29, 0.717) is 47.9 Å². The monoisotopic (exact) mass is 616 g/mol. The Morgan fingerprint density at radius 3 is 2.34 bits per heavy atom. The molecule has 0 aromatic heterocycles. The first-order chi connectivity index (χ1) is 20.8. The van der Waals surface area contributed by atoms with Crippen LogP contribution in [0.1, 0.15) is 30.5 Å². The third-order valence-electron chi connectivity index (χ3n) is 7.50. The number of likely N-dealkylation sites (N-methyl/N-ethyl adjacent to an activating group) is 1. The number of carbonyl (C=O) groups excluding carboxylic acids is 2. The number of urea groups is 1. The maximum atomic E-state index is 13.4. The highest BCUT2D eigenvalue weighted by molar-refractivity contribution is 5.99. The lowest BCUT2D eigenvalue weighted by Gasteiger charge is -2.34. The lowest BCUT2D eigenvalue weighted by Crippen LogP contribution is -2.47. The molecule has 1 heterocycles. The van der Waals surface area contributed by atoms with Crippen LogP contribution in [-0.2, 0) is 23.9 Å². The van der Waals surface area contributed by atoms with E-state index in [2.05, 4.69) is 10.6 Å². The number of hydrogen-bond donors (Lipinski definition) is 3. The molecular weight excluding hydrogens is 580 g/mol. The molecule has 3 atom stereocenters. The fraction of sp³-hybridized carbons (Fsp3) is 0.375. The minimum Gasteiger partial charge on any atom is -0.488 e. The predicted molar refractivity (Wildman–Crippen MR) is 159 cm³/mol. The molecule has 3 aromatic carbocycles. The number of aliphatic hydroxyl groups excluding tert-OH is 1. The van der Waals surface area contributed by atoms with E-state index in [1.807, 2.05) is 18.9 Å². The highest BCUT2D eigenvalue weighted by Gasteiger charge is 2.32. The molecule has 0 radical (unpaired) electrons. The molecule has 4 rings (SSSR count). The van der Waals surface area contributed by atoms with Crippen LogP contribution in [0.15, 0.2) is 66.7 Å². The lowest BCUT2D eigenvalue weighted by molar-refractivity contribution is -0.137. The van der Waals surface area contributed by atoms with E-state index in [0.717, 1.165) is 12.1 Å². The normalized spacial score (nSPS) is 18.0. The number of alkyl halides is 3. The molecule has 1 aliphatic rings. The van der Waals surface area contributed by atoms with Crippen molar-refractivity contribution in [2.75, 3.05) is 37.4 Å². The molecular formula is C32H36F4N4O4. The molecule has 0 spiro atoms. The van der Waals surface area contributed by atoms with Crippen LogP contribution < -0.4 is 15.4 Å². The van der Waals surface area contributed by atoms with E-state index < -0.39 is 35.7 Å². The van der Waals surface area contributed by atoms with Crippen molar-refractivity contribution in [2.45, 2.75) is 45.1 Å². The number of anilines is 2. The Bertz CT molecular complexity index is 1430. The number of nitrogens with one attached hydrogen (secondary N) is 2. The number of aliphatic hydroxyl groups is 1. The zero-order chi connectivity index (χ0) is 32.0. The summed E-state index contributed by atoms with van der Waals surface area (Å²) < 4.78 is 58.6. The van der Waals surface area contributed by atoms with E-state index in [9.17, 15) is 32.3 Å². The van der Waals surface area contributed by atoms with Gasteiger partial charge >= 0.3 is 12.2 Å². The third-order valence-corrected chi connectivity index (χ3v) is 7.50. The molecule has 0 aliphatic carbocycles. The minimum atomic E-state index is -4.41. The van der Waals surface area contributed by atoms with Gasteiger partial charge in [-0.2, -0.15) is 13.2 Å². The topological polar surface area (TPSA) is 94.1 Å². The maximum Gasteiger partial charge on any atom is 0.416 e. The lowest BCUT2D eigenvalue weighted by atomic mass is 10.0. The fourth-order valence-corrected chi connectivity index (χ4v) is 5.03. The van der Waals surface area contributed by atoms with E-state index >= 15 is 0 Å². The Hall–Kier alpha value is -4.16. The summed E-state index contributed by atoms with van der Waals surface area (Å²) in [6.45, 7) is 4.57. The van der Waals surface area contributed by atoms with Crippen LogP contribution in [0.25, 0.3) is 0 Å². The molecule has 0 saturated heterocycles. The highest BCUT2D eigenvalue weighted by Crippen LogP contribution is 2.31. The molecule has 0 saturated carbocycles. The summed E-state index contributed by atoms with van der Waals surface area (Å²) in [5.41, 5.74) is 1.34. The standard InChI is InChI=1S/C32H36F4N4O4/c1-20-16-40(21(2)19-41)30(42)15-23-14-27(38-31(43)37-26-10-8-25(33)9-11-26)12-13-28(23)44-29(20)18-39(3)17-22-4-6-24(7-5-22)32(34,35)36/h4-14,20-21,29,41H,15-19H2,1-3H3,(H2,37,38,43)/t20-,21-,29+/m1/s1. The quantitative estimate of drug-likeness (QED) is 0.280. The van der Waals surface area contributed by atoms with E-state index in [4.69, 9.17) is 4.74 Å². The third kappa shape index (κ3) is 8.70. The van der Waals surface area contributed by atoms with Crippen molar-refractivity contribution in [1.82, 2.24) is 9.80 Å². The summed E-state index contributed by atoms with van der Waals surface area (Å²) in [6.07, 6.45) is -4.86. The van der Waals surface area contributed by atoms with Crippen LogP contribution in [0.3, 0.4) is 0 Å². The first-order valence-corrected chi connectivity index (χ1v) is 14.2. The van der Waals surface area contributed by atoms with Crippen molar-refractivity contribution in [3.05, 3.63) is 89.2 Å². The molecule has 1 aliphatic heterocycles. The smallest absolute Gasteiger partial charge is 0.416 e. The zero-order valence-corrected chi connectivity index (χ0v) is 24.7. The first kappa shape index (κ1) is 32.7. The molecule has 0 fully saturated rings. The van der Waals surface area contributed by atoms with E-state index in [-0.39, 0.29) is 24.9 Å². The second-order valence-corrected chi connectivity index (χ2v) is 11.2. The number of benzene rings is 3. The number of halogens is 4. The highest BCUT2D eigenvalue weighted by atomic mass is 19.4. The van der Waals surface area contributed by atoms with Crippen LogP contribution in [-0.4, -0.2) is 65.7 Å². The molecule has 8 nitrogen and oxygen atoms in total. The van der Waals surface area contributed by atoms with Gasteiger partial charge in [0, 0.05) is 42.5 Å². The Morgan fingerprint density at radius 2 is 1.70 bits per heavy atom. The minimum absolute atomic E-state index is 0.0321. The van der Waals surface area contributed by atoms with Gasteiger partial charge in [-0.1, -0.05) is 19.1 Å². The maximum absolute atomic E-state index is 13.4. The van der Waals surface area contributed by atoms with E-state index in [1.165, 1.54) is 36.4 Å². The molecule has 3 amide bonds. The summed E-state index contributed by atoms with van der Waals surface area (Å²) in [6, 6.07) is 14.3. The molecule has 0 bridgehead atoms. The molecule has 3 aromatic rings. The molecule has 236 valence electrons. The van der Waals surface area contributed by atoms with Crippen molar-refractivity contribution in [1.29, 1.82) is 0 Å². The average molecular weight is 617 g/mol. The average Bonchev–Trinajstić information content (AvgIpc) is 3.01. The van der Waals surface area contributed by atoms with Gasteiger partial charge in [-0.3, -0.25) is 9.69 Å². The second-order valence-electron chi connectivity index (χ2n) is 11.2. The number of amides is 3. The molecule has 0 unspecified atom stereocenters. The first-order valence-electron chi connectivity index (χ1n) is 14.2. The largest absolute Gasteiger partial charge is 0.488 e. The Morgan fingerprint density at radius 1 is 1.07 bits per heavy atom. The SMILES string of the molecule is C[C@@H]1CN([C@H](C)CO)C(=O)Cc2cc(NC(=O)Nc3ccc(F)cc3)ccc2O[C@H]1CN(C)Cc1ccc(C(F)(F)F)cc1. The predicted octanol–water partition coefficient (Wildman–Crippen LogP) is 5.77. The van der Waals surface area contributed by atoms with Gasteiger partial charge < -0.3 is 25.4 Å². The van der Waals surface area contributed by atoms with Gasteiger partial charge in [0.05, 0.1) is 24.6 Å². The Kier molecular flexibility index (Phi) is 10.5. The van der Waals surface area contributed by atoms with Gasteiger partial charge in [-0.25, -0.2) is 9.18 Å². The van der Waals surface area contributed by atoms with Crippen LogP contribution in [0, 0.1) is 11.7 Å². The summed E-state index contributed by atoms with van der Waals surface area (Å²) >= 11 is 0. The number of fused-ring (bicyclic) bond motifs is 1. The number of rotatable bonds is 8. The van der Waals surface area contributed by atoms with Gasteiger partial charge in [0.15, 0.2) is 0 Å². The van der Waals surface area contributed by atoms with Crippen LogP contribution in [0.4, 0.5) is 33.7 Å². The zero-order valence-electron chi connectivity index (χ0n) is 24.7. The molecule has 3 N–H and O–H groups in total. The van der Waals surface area contributed by atoms with Crippen molar-refractivity contribution in [3.8, 4) is 5.75 Å². The summed E-state index contributed by atoms with van der Waals surface area (Å²) in [5, 5.41) is 15.2. The van der Waals surface area contributed by atoms with Gasteiger partial charge in [0.1, 0.15) is 17.7 Å². The van der Waals surface area contributed by atoms with Gasteiger partial charge in [-0.15, -0.1) is 0 Å². The number of ether oxygens (including phenoxy) is 1. The molecule has 44 heavy (non-hydrogen) atoms. The summed E-state index contributed by atoms with van der Waals surface area (Å²) in [4.78, 5) is 29.6. The van der Waals surface area contributed by atoms with Crippen LogP contribution in [0.2, 0.25) is 0 Å². The van der Waals surface area contributed by atoms with Gasteiger partial charge in [0.2, 0.25) is 5.91 Å². The van der Waals surface area contributed by atoms with Crippen molar-refractivity contribution in [2.24, 2.45) is 5.92 Å². The summed E-state index contributed by atoms with van der Waals surface area (Å²) in [7, 11) is 1.84. The molecule has 12 heteroatoms.